The van der Waals surface area contributed by atoms with Gasteiger partial charge in [-0.15, -0.1) is 0 Å². The minimum atomic E-state index is -0.737. The number of rotatable bonds is 4. The zero-order valence-electron chi connectivity index (χ0n) is 10.6. The maximum absolute atomic E-state index is 13.4. The Morgan fingerprint density at radius 3 is 3.05 bits per heavy atom. The molecule has 2 rings (SSSR count). The van der Waals surface area contributed by atoms with Crippen LogP contribution in [-0.4, -0.2) is 29.1 Å². The second-order valence-corrected chi connectivity index (χ2v) is 5.85. The summed E-state index contributed by atoms with van der Waals surface area (Å²) in [6, 6.07) is 5.03. The van der Waals surface area contributed by atoms with Crippen molar-refractivity contribution in [2.75, 3.05) is 13.1 Å². The molecular formula is C14H17BrFNO2. The van der Waals surface area contributed by atoms with Gasteiger partial charge in [0.2, 0.25) is 0 Å². The van der Waals surface area contributed by atoms with Gasteiger partial charge in [-0.3, -0.25) is 9.69 Å². The van der Waals surface area contributed by atoms with Gasteiger partial charge in [-0.05, 0) is 52.9 Å². The number of carboxylic acid groups (broad SMARTS) is 1. The van der Waals surface area contributed by atoms with Crippen molar-refractivity contribution in [3.63, 3.8) is 0 Å². The summed E-state index contributed by atoms with van der Waals surface area (Å²) in [4.78, 5) is 13.0. The lowest BCUT2D eigenvalue weighted by Gasteiger charge is -2.32. The minimum Gasteiger partial charge on any atom is -0.481 e. The number of carbonyl (C=O) groups is 1. The fourth-order valence-corrected chi connectivity index (χ4v) is 3.01. The number of piperidine rings is 1. The molecule has 0 aliphatic carbocycles. The first-order valence-electron chi connectivity index (χ1n) is 6.43. The van der Waals surface area contributed by atoms with E-state index in [2.05, 4.69) is 20.8 Å². The largest absolute Gasteiger partial charge is 0.481 e. The van der Waals surface area contributed by atoms with Gasteiger partial charge in [0.15, 0.2) is 0 Å². The third-order valence-corrected chi connectivity index (χ3v) is 4.38. The number of hydrogen-bond acceptors (Lipinski definition) is 2. The number of hydrogen-bond donors (Lipinski definition) is 1. The van der Waals surface area contributed by atoms with Crippen LogP contribution in [0.5, 0.6) is 0 Å². The van der Waals surface area contributed by atoms with Crippen molar-refractivity contribution in [2.24, 2.45) is 5.92 Å². The number of likely N-dealkylation sites (tertiary alicyclic amines) is 1. The lowest BCUT2D eigenvalue weighted by Crippen LogP contribution is -2.35. The van der Waals surface area contributed by atoms with Crippen molar-refractivity contribution in [3.8, 4) is 0 Å². The van der Waals surface area contributed by atoms with Gasteiger partial charge < -0.3 is 5.11 Å². The first-order valence-corrected chi connectivity index (χ1v) is 7.22. The Morgan fingerprint density at radius 1 is 1.53 bits per heavy atom. The SMILES string of the molecule is O=C(O)CC1CCCN(Cc2cccc(F)c2Br)C1. The van der Waals surface area contributed by atoms with Gasteiger partial charge in [-0.25, -0.2) is 4.39 Å². The van der Waals surface area contributed by atoms with E-state index < -0.39 is 5.97 Å². The normalized spacial score (nSPS) is 20.4. The number of aliphatic carboxylic acids is 1. The third kappa shape index (κ3) is 4.01. The second kappa shape index (κ2) is 6.48. The maximum atomic E-state index is 13.4. The smallest absolute Gasteiger partial charge is 0.303 e. The van der Waals surface area contributed by atoms with Crippen molar-refractivity contribution in [1.82, 2.24) is 4.90 Å². The Hall–Kier alpha value is -0.940. The Morgan fingerprint density at radius 2 is 2.32 bits per heavy atom. The van der Waals surface area contributed by atoms with Crippen LogP contribution in [0.3, 0.4) is 0 Å². The zero-order chi connectivity index (χ0) is 13.8. The highest BCUT2D eigenvalue weighted by Crippen LogP contribution is 2.25. The molecule has 104 valence electrons. The fraction of sp³-hybridized carbons (Fsp3) is 0.500. The first kappa shape index (κ1) is 14.5. The van der Waals surface area contributed by atoms with E-state index in [0.717, 1.165) is 31.5 Å². The van der Waals surface area contributed by atoms with E-state index >= 15 is 0 Å². The number of nitrogens with zero attached hydrogens (tertiary/aromatic N) is 1. The number of carboxylic acids is 1. The Bertz CT molecular complexity index is 467. The van der Waals surface area contributed by atoms with Crippen LogP contribution >= 0.6 is 15.9 Å². The molecule has 0 aromatic heterocycles. The predicted octanol–water partition coefficient (Wildman–Crippen LogP) is 3.27. The van der Waals surface area contributed by atoms with Crippen molar-refractivity contribution in [3.05, 3.63) is 34.1 Å². The summed E-state index contributed by atoms with van der Waals surface area (Å²) in [5.74, 6) is -0.783. The van der Waals surface area contributed by atoms with Crippen LogP contribution in [0.15, 0.2) is 22.7 Å². The van der Waals surface area contributed by atoms with E-state index in [1.165, 1.54) is 6.07 Å². The van der Waals surface area contributed by atoms with Crippen molar-refractivity contribution >= 4 is 21.9 Å². The molecule has 0 saturated carbocycles. The van der Waals surface area contributed by atoms with E-state index in [-0.39, 0.29) is 18.2 Å². The highest BCUT2D eigenvalue weighted by molar-refractivity contribution is 9.10. The zero-order valence-corrected chi connectivity index (χ0v) is 12.2. The third-order valence-electron chi connectivity index (χ3n) is 3.49. The summed E-state index contributed by atoms with van der Waals surface area (Å²) in [7, 11) is 0. The lowest BCUT2D eigenvalue weighted by molar-refractivity contribution is -0.138. The quantitative estimate of drug-likeness (QED) is 0.921. The summed E-state index contributed by atoms with van der Waals surface area (Å²) in [6.07, 6.45) is 2.19. The Labute approximate surface area is 120 Å². The second-order valence-electron chi connectivity index (χ2n) is 5.05. The minimum absolute atomic E-state index is 0.207. The van der Waals surface area contributed by atoms with Crippen LogP contribution in [0.25, 0.3) is 0 Å². The summed E-state index contributed by atoms with van der Waals surface area (Å²) in [5, 5.41) is 8.85. The molecular weight excluding hydrogens is 313 g/mol. The van der Waals surface area contributed by atoms with Crippen LogP contribution in [0.4, 0.5) is 4.39 Å². The highest BCUT2D eigenvalue weighted by Gasteiger charge is 2.22. The van der Waals surface area contributed by atoms with Crippen molar-refractivity contribution in [1.29, 1.82) is 0 Å². The molecule has 1 aliphatic heterocycles. The topological polar surface area (TPSA) is 40.5 Å². The molecule has 1 aliphatic rings. The summed E-state index contributed by atoms with van der Waals surface area (Å²) in [6.45, 7) is 2.38. The van der Waals surface area contributed by atoms with Gasteiger partial charge in [0, 0.05) is 19.5 Å². The molecule has 0 amide bonds. The molecule has 1 atom stereocenters. The average molecular weight is 330 g/mol. The van der Waals surface area contributed by atoms with Gasteiger partial charge in [-0.2, -0.15) is 0 Å². The van der Waals surface area contributed by atoms with Gasteiger partial charge in [0.25, 0.3) is 0 Å². The number of halogens is 2. The van der Waals surface area contributed by atoms with Gasteiger partial charge in [0.05, 0.1) is 4.47 Å². The van der Waals surface area contributed by atoms with E-state index in [4.69, 9.17) is 5.11 Å². The molecule has 3 nitrogen and oxygen atoms in total. The summed E-state index contributed by atoms with van der Waals surface area (Å²) in [5.41, 5.74) is 0.913. The molecule has 1 heterocycles. The monoisotopic (exact) mass is 329 g/mol. The molecule has 0 radical (unpaired) electrons. The van der Waals surface area contributed by atoms with Gasteiger partial charge in [-0.1, -0.05) is 12.1 Å². The molecule has 1 N–H and O–H groups in total. The van der Waals surface area contributed by atoms with Crippen LogP contribution in [0, 0.1) is 11.7 Å². The van der Waals surface area contributed by atoms with E-state index in [9.17, 15) is 9.18 Å². The van der Waals surface area contributed by atoms with E-state index in [0.29, 0.717) is 11.0 Å². The molecule has 1 aromatic rings. The molecule has 1 unspecified atom stereocenters. The van der Waals surface area contributed by atoms with Crippen LogP contribution in [0.2, 0.25) is 0 Å². The molecule has 0 bridgehead atoms. The standard InChI is InChI=1S/C14H17BrFNO2/c15-14-11(4-1-5-12(14)16)9-17-6-2-3-10(8-17)7-13(18)19/h1,4-5,10H,2-3,6-9H2,(H,18,19). The van der Waals surface area contributed by atoms with Crippen LogP contribution in [-0.2, 0) is 11.3 Å². The molecule has 1 saturated heterocycles. The Kier molecular flexibility index (Phi) is 4.93. The maximum Gasteiger partial charge on any atom is 0.303 e. The van der Waals surface area contributed by atoms with Crippen LogP contribution in [0.1, 0.15) is 24.8 Å². The van der Waals surface area contributed by atoms with Crippen molar-refractivity contribution in [2.45, 2.75) is 25.8 Å². The lowest BCUT2D eigenvalue weighted by atomic mass is 9.94. The fourth-order valence-electron chi connectivity index (χ4n) is 2.62. The summed E-state index contributed by atoms with van der Waals surface area (Å²) < 4.78 is 13.9. The van der Waals surface area contributed by atoms with Crippen molar-refractivity contribution < 1.29 is 14.3 Å². The Balaban J connectivity index is 1.98. The van der Waals surface area contributed by atoms with E-state index in [1.807, 2.05) is 6.07 Å². The number of benzene rings is 1. The summed E-state index contributed by atoms with van der Waals surface area (Å²) >= 11 is 3.27. The van der Waals surface area contributed by atoms with Crippen LogP contribution < -0.4 is 0 Å². The highest BCUT2D eigenvalue weighted by atomic mass is 79.9. The molecule has 1 fully saturated rings. The molecule has 5 heteroatoms. The molecule has 0 spiro atoms. The predicted molar refractivity (Wildman–Crippen MR) is 74.4 cm³/mol. The molecule has 19 heavy (non-hydrogen) atoms. The molecule has 1 aromatic carbocycles. The van der Waals surface area contributed by atoms with E-state index in [1.54, 1.807) is 6.07 Å². The van der Waals surface area contributed by atoms with Gasteiger partial charge in [0.1, 0.15) is 5.82 Å². The first-order chi connectivity index (χ1) is 9.06. The average Bonchev–Trinajstić information content (AvgIpc) is 2.35. The van der Waals surface area contributed by atoms with Gasteiger partial charge >= 0.3 is 5.97 Å².